The van der Waals surface area contributed by atoms with Crippen LogP contribution in [0.4, 0.5) is 0 Å². The van der Waals surface area contributed by atoms with E-state index in [1.807, 2.05) is 11.9 Å². The van der Waals surface area contributed by atoms with Crippen LogP contribution in [0.25, 0.3) is 0 Å². The molecule has 1 aromatic rings. The van der Waals surface area contributed by atoms with Crippen LogP contribution in [0.5, 0.6) is 0 Å². The van der Waals surface area contributed by atoms with Crippen molar-refractivity contribution in [2.75, 3.05) is 13.6 Å². The zero-order valence-electron chi connectivity index (χ0n) is 20.0. The van der Waals surface area contributed by atoms with Crippen LogP contribution in [-0.2, 0) is 4.79 Å². The Morgan fingerprint density at radius 2 is 2.00 bits per heavy atom. The smallest absolute Gasteiger partial charge is 0.251 e. The fourth-order valence-electron chi connectivity index (χ4n) is 8.23. The predicted molar refractivity (Wildman–Crippen MR) is 127 cm³/mol. The maximum absolute atomic E-state index is 12.8. The summed E-state index contributed by atoms with van der Waals surface area (Å²) in [6.45, 7) is 5.56. The van der Waals surface area contributed by atoms with Gasteiger partial charge in [-0.25, -0.2) is 0 Å². The van der Waals surface area contributed by atoms with Crippen molar-refractivity contribution in [3.63, 3.8) is 0 Å². The van der Waals surface area contributed by atoms with Gasteiger partial charge in [0.25, 0.3) is 5.91 Å². The fraction of sp³-hybridized carbons (Fsp3) is 0.607. The molecule has 5 heteroatoms. The molecule has 0 radical (unpaired) electrons. The summed E-state index contributed by atoms with van der Waals surface area (Å²) in [5.74, 6) is 2.57. The van der Waals surface area contributed by atoms with Crippen molar-refractivity contribution in [2.24, 2.45) is 34.5 Å². The summed E-state index contributed by atoms with van der Waals surface area (Å²) in [7, 11) is 1.97. The lowest BCUT2D eigenvalue weighted by molar-refractivity contribution is -0.138. The van der Waals surface area contributed by atoms with Crippen LogP contribution in [0, 0.1) is 45.8 Å². The number of carbonyl (C=O) groups excluding carboxylic acids is 2. The summed E-state index contributed by atoms with van der Waals surface area (Å²) < 4.78 is 0. The summed E-state index contributed by atoms with van der Waals surface area (Å²) in [6.07, 6.45) is 11.1. The molecule has 0 aromatic heterocycles. The molecule has 2 unspecified atom stereocenters. The number of carbonyl (C=O) groups is 2. The maximum atomic E-state index is 12.8. The molecule has 2 amide bonds. The molecule has 33 heavy (non-hydrogen) atoms. The van der Waals surface area contributed by atoms with Crippen molar-refractivity contribution in [3.05, 3.63) is 47.5 Å². The average Bonchev–Trinajstić information content (AvgIpc) is 3.16. The maximum Gasteiger partial charge on any atom is 0.251 e. The fourth-order valence-corrected chi connectivity index (χ4v) is 8.23. The number of amides is 2. The van der Waals surface area contributed by atoms with Crippen molar-refractivity contribution >= 4 is 11.8 Å². The third-order valence-electron chi connectivity index (χ3n) is 10.1. The molecule has 4 aliphatic rings. The predicted octanol–water partition coefficient (Wildman–Crippen LogP) is 4.54. The SMILES string of the molecule is CN1C(=O)C=C[C@@]2(C)C1CC[C@@H]1[C@H]2CC[C@]2(C)C(CNC(=O)c3cccc(C#N)c3)CC[C@@H]12. The number of benzene rings is 1. The summed E-state index contributed by atoms with van der Waals surface area (Å²) >= 11 is 0. The van der Waals surface area contributed by atoms with Crippen LogP contribution < -0.4 is 5.32 Å². The Labute approximate surface area is 197 Å². The first-order chi connectivity index (χ1) is 15.8. The van der Waals surface area contributed by atoms with Gasteiger partial charge in [0, 0.05) is 30.6 Å². The first kappa shape index (κ1) is 22.2. The summed E-state index contributed by atoms with van der Waals surface area (Å²) in [5.41, 5.74) is 1.41. The largest absolute Gasteiger partial charge is 0.352 e. The number of hydrogen-bond acceptors (Lipinski definition) is 3. The Balaban J connectivity index is 1.30. The van der Waals surface area contributed by atoms with E-state index >= 15 is 0 Å². The minimum atomic E-state index is -0.0825. The van der Waals surface area contributed by atoms with Gasteiger partial charge in [0.1, 0.15) is 0 Å². The highest BCUT2D eigenvalue weighted by atomic mass is 16.2. The molecule has 5 rings (SSSR count). The summed E-state index contributed by atoms with van der Waals surface area (Å²) in [5, 5.41) is 12.3. The van der Waals surface area contributed by atoms with Gasteiger partial charge in [0.05, 0.1) is 11.6 Å². The van der Waals surface area contributed by atoms with Crippen molar-refractivity contribution < 1.29 is 9.59 Å². The third kappa shape index (κ3) is 3.41. The van der Waals surface area contributed by atoms with Crippen molar-refractivity contribution in [1.82, 2.24) is 10.2 Å². The van der Waals surface area contributed by atoms with Crippen LogP contribution in [0.2, 0.25) is 0 Å². The second-order valence-electron chi connectivity index (χ2n) is 11.3. The lowest BCUT2D eigenvalue weighted by Crippen LogP contribution is -2.59. The van der Waals surface area contributed by atoms with Gasteiger partial charge in [-0.05, 0) is 91.9 Å². The van der Waals surface area contributed by atoms with E-state index in [-0.39, 0.29) is 22.6 Å². The van der Waals surface area contributed by atoms with Crippen LogP contribution >= 0.6 is 0 Å². The highest BCUT2D eigenvalue weighted by Gasteiger charge is 2.60. The Kier molecular flexibility index (Phi) is 5.39. The van der Waals surface area contributed by atoms with Gasteiger partial charge in [0.15, 0.2) is 0 Å². The third-order valence-corrected chi connectivity index (χ3v) is 10.1. The van der Waals surface area contributed by atoms with E-state index in [4.69, 9.17) is 5.26 Å². The molecule has 1 heterocycles. The topological polar surface area (TPSA) is 73.2 Å². The molecule has 1 aliphatic heterocycles. The molecule has 0 saturated heterocycles. The van der Waals surface area contributed by atoms with Crippen LogP contribution in [0.3, 0.4) is 0 Å². The van der Waals surface area contributed by atoms with E-state index in [2.05, 4.69) is 31.3 Å². The first-order valence-corrected chi connectivity index (χ1v) is 12.5. The monoisotopic (exact) mass is 445 g/mol. The van der Waals surface area contributed by atoms with Gasteiger partial charge in [-0.15, -0.1) is 0 Å². The molecule has 3 fully saturated rings. The summed E-state index contributed by atoms with van der Waals surface area (Å²) in [6, 6.07) is 9.36. The molecule has 3 saturated carbocycles. The lowest BCUT2D eigenvalue weighted by Gasteiger charge is -2.60. The minimum absolute atomic E-state index is 0.0744. The molecular weight excluding hydrogens is 410 g/mol. The Morgan fingerprint density at radius 1 is 1.18 bits per heavy atom. The second kappa shape index (κ2) is 8.01. The summed E-state index contributed by atoms with van der Waals surface area (Å²) in [4.78, 5) is 27.0. The Bertz CT molecular complexity index is 1040. The van der Waals surface area contributed by atoms with Crippen LogP contribution in [0.15, 0.2) is 36.4 Å². The normalized spacial score (nSPS) is 39.3. The van der Waals surface area contributed by atoms with Crippen LogP contribution in [-0.4, -0.2) is 36.3 Å². The molecule has 5 nitrogen and oxygen atoms in total. The zero-order valence-corrected chi connectivity index (χ0v) is 20.0. The van der Waals surface area contributed by atoms with Gasteiger partial charge in [-0.1, -0.05) is 26.0 Å². The minimum Gasteiger partial charge on any atom is -0.352 e. The van der Waals surface area contributed by atoms with Gasteiger partial charge >= 0.3 is 0 Å². The molecule has 0 spiro atoms. The highest BCUT2D eigenvalue weighted by molar-refractivity contribution is 5.94. The molecule has 3 aliphatic carbocycles. The number of hydrogen-bond donors (Lipinski definition) is 1. The van der Waals surface area contributed by atoms with Gasteiger partial charge in [-0.3, -0.25) is 9.59 Å². The van der Waals surface area contributed by atoms with E-state index < -0.39 is 0 Å². The van der Waals surface area contributed by atoms with E-state index in [0.29, 0.717) is 47.4 Å². The number of nitriles is 1. The average molecular weight is 446 g/mol. The number of nitrogens with zero attached hydrogens (tertiary/aromatic N) is 2. The van der Waals surface area contributed by atoms with E-state index in [1.54, 1.807) is 30.3 Å². The van der Waals surface area contributed by atoms with Crippen LogP contribution in [0.1, 0.15) is 68.3 Å². The van der Waals surface area contributed by atoms with E-state index in [0.717, 1.165) is 12.8 Å². The molecule has 174 valence electrons. The quantitative estimate of drug-likeness (QED) is 0.742. The molecule has 1 aromatic carbocycles. The molecule has 1 N–H and O–H groups in total. The number of rotatable bonds is 3. The second-order valence-corrected chi connectivity index (χ2v) is 11.3. The molecule has 7 atom stereocenters. The van der Waals surface area contributed by atoms with Gasteiger partial charge in [-0.2, -0.15) is 5.26 Å². The van der Waals surface area contributed by atoms with Crippen molar-refractivity contribution in [1.29, 1.82) is 5.26 Å². The number of likely N-dealkylation sites (N-methyl/N-ethyl adjacent to an activating group) is 1. The van der Waals surface area contributed by atoms with E-state index in [1.165, 1.54) is 25.7 Å². The first-order valence-electron chi connectivity index (χ1n) is 12.5. The number of nitrogens with one attached hydrogen (secondary N) is 1. The zero-order chi connectivity index (χ0) is 23.4. The Hall–Kier alpha value is -2.61. The van der Waals surface area contributed by atoms with Gasteiger partial charge in [0.2, 0.25) is 5.91 Å². The molecule has 0 bridgehead atoms. The number of fused-ring (bicyclic) bond motifs is 5. The van der Waals surface area contributed by atoms with E-state index in [9.17, 15) is 9.59 Å². The Morgan fingerprint density at radius 3 is 2.79 bits per heavy atom. The lowest BCUT2D eigenvalue weighted by atomic mass is 9.47. The standard InChI is InChI=1S/C28H35N3O2/c1-27-13-11-23-21(8-10-24-28(23,2)14-12-25(32)31(24)3)22(27)9-7-20(27)17-30-26(33)19-6-4-5-18(15-19)16-29/h4-6,12,14-15,20-24H,7-11,13,17H2,1-3H3,(H,30,33)/t20?,21-,22-,23+,24?,27+,28+/m0/s1. The highest BCUT2D eigenvalue weighted by Crippen LogP contribution is 2.65. The molecular formula is C28H35N3O2. The van der Waals surface area contributed by atoms with Crippen molar-refractivity contribution in [2.45, 2.75) is 58.4 Å². The van der Waals surface area contributed by atoms with Crippen molar-refractivity contribution in [3.8, 4) is 6.07 Å². The van der Waals surface area contributed by atoms with Gasteiger partial charge < -0.3 is 10.2 Å².